The first-order valence-corrected chi connectivity index (χ1v) is 6.56. The first-order valence-electron chi connectivity index (χ1n) is 5.24. The molecule has 2 N–H and O–H groups in total. The van der Waals surface area contributed by atoms with Gasteiger partial charge in [-0.3, -0.25) is 0 Å². The van der Waals surface area contributed by atoms with Crippen molar-refractivity contribution >= 4 is 27.6 Å². The van der Waals surface area contributed by atoms with Gasteiger partial charge in [0, 0.05) is 31.2 Å². The molecule has 0 aliphatic rings. The van der Waals surface area contributed by atoms with Gasteiger partial charge in [0.2, 0.25) is 0 Å². The Balaban J connectivity index is 2.15. The molecule has 0 aliphatic heterocycles. The largest absolute Gasteiger partial charge is 0.430 e. The summed E-state index contributed by atoms with van der Waals surface area (Å²) in [5, 5.41) is 0.252. The normalized spacial score (nSPS) is 13.0. The summed E-state index contributed by atoms with van der Waals surface area (Å²) >= 11 is 0. The molecule has 1 aromatic heterocycles. The lowest BCUT2D eigenvalue weighted by atomic mass is 10.3. The highest BCUT2D eigenvalue weighted by Crippen LogP contribution is 2.20. The number of nitrogens with zero attached hydrogens (tertiary/aromatic N) is 1. The van der Waals surface area contributed by atoms with Crippen LogP contribution in [-0.2, 0) is 15.5 Å². The first kappa shape index (κ1) is 12.1. The van der Waals surface area contributed by atoms with Gasteiger partial charge in [-0.1, -0.05) is 0 Å². The zero-order chi connectivity index (χ0) is 12.3. The summed E-state index contributed by atoms with van der Waals surface area (Å²) in [5.41, 5.74) is 7.47. The van der Waals surface area contributed by atoms with Crippen LogP contribution in [0.2, 0.25) is 0 Å². The molecule has 2 aromatic rings. The van der Waals surface area contributed by atoms with E-state index >= 15 is 0 Å². The highest BCUT2D eigenvalue weighted by atomic mass is 32.2. The summed E-state index contributed by atoms with van der Waals surface area (Å²) in [5.74, 6) is 0.482. The Morgan fingerprint density at radius 2 is 2.35 bits per heavy atom. The molecule has 0 fully saturated rings. The number of oxazole rings is 1. The molecule has 0 amide bonds. The maximum atomic E-state index is 11.8. The van der Waals surface area contributed by atoms with Crippen LogP contribution in [0.25, 0.3) is 11.1 Å². The van der Waals surface area contributed by atoms with Gasteiger partial charge in [0.05, 0.1) is 0 Å². The number of nitrogen functional groups attached to an aromatic ring is 1. The average Bonchev–Trinajstić information content (AvgIpc) is 2.72. The van der Waals surface area contributed by atoms with Crippen LogP contribution < -0.4 is 5.73 Å². The monoisotopic (exact) mass is 254 g/mol. The van der Waals surface area contributed by atoms with E-state index in [1.54, 1.807) is 25.3 Å². The Kier molecular flexibility index (Phi) is 3.75. The van der Waals surface area contributed by atoms with Crippen LogP contribution in [0.1, 0.15) is 6.42 Å². The number of hydrogen-bond acceptors (Lipinski definition) is 5. The number of rotatable bonds is 5. The Hall–Kier alpha value is -1.40. The van der Waals surface area contributed by atoms with Gasteiger partial charge in [-0.25, -0.2) is 9.19 Å². The highest BCUT2D eigenvalue weighted by Gasteiger charge is 2.12. The number of ether oxygens (including phenoxy) is 1. The van der Waals surface area contributed by atoms with E-state index in [4.69, 9.17) is 14.9 Å². The number of anilines is 1. The number of nitrogens with two attached hydrogens (primary N) is 1. The summed E-state index contributed by atoms with van der Waals surface area (Å²) in [4.78, 5) is 4.17. The summed E-state index contributed by atoms with van der Waals surface area (Å²) in [6, 6.07) is 5.17. The van der Waals surface area contributed by atoms with Gasteiger partial charge in [0.1, 0.15) is 16.3 Å². The third-order valence-electron chi connectivity index (χ3n) is 2.27. The van der Waals surface area contributed by atoms with Gasteiger partial charge in [-0.2, -0.15) is 0 Å². The molecular weight excluding hydrogens is 240 g/mol. The number of hydrogen-bond donors (Lipinski definition) is 1. The Morgan fingerprint density at radius 1 is 1.53 bits per heavy atom. The second-order valence-electron chi connectivity index (χ2n) is 3.60. The summed E-state index contributed by atoms with van der Waals surface area (Å²) in [6.07, 6.45) is 0.712. The molecule has 0 aliphatic carbocycles. The lowest BCUT2D eigenvalue weighted by Crippen LogP contribution is -2.01. The molecule has 92 valence electrons. The number of benzene rings is 1. The molecule has 0 saturated carbocycles. The fourth-order valence-electron chi connectivity index (χ4n) is 1.44. The van der Waals surface area contributed by atoms with Gasteiger partial charge in [0.15, 0.2) is 5.58 Å². The van der Waals surface area contributed by atoms with Crippen molar-refractivity contribution in [3.8, 4) is 0 Å². The SMILES string of the molecule is COCCCS(=O)c1nc2ccc(N)cc2o1. The molecule has 1 atom stereocenters. The maximum Gasteiger partial charge on any atom is 0.287 e. The maximum absolute atomic E-state index is 11.8. The van der Waals surface area contributed by atoms with Gasteiger partial charge < -0.3 is 14.9 Å². The molecule has 17 heavy (non-hydrogen) atoms. The fraction of sp³-hybridized carbons (Fsp3) is 0.364. The number of methoxy groups -OCH3 is 1. The number of fused-ring (bicyclic) bond motifs is 1. The average molecular weight is 254 g/mol. The fourth-order valence-corrected chi connectivity index (χ4v) is 2.38. The van der Waals surface area contributed by atoms with Crippen LogP contribution in [0.5, 0.6) is 0 Å². The van der Waals surface area contributed by atoms with Crippen molar-refractivity contribution in [2.45, 2.75) is 11.6 Å². The van der Waals surface area contributed by atoms with Crippen LogP contribution in [0.4, 0.5) is 5.69 Å². The summed E-state index contributed by atoms with van der Waals surface area (Å²) in [6.45, 7) is 0.582. The Morgan fingerprint density at radius 3 is 3.12 bits per heavy atom. The first-order chi connectivity index (χ1) is 8.20. The van der Waals surface area contributed by atoms with Crippen LogP contribution in [-0.4, -0.2) is 28.7 Å². The Bertz CT molecular complexity index is 538. The molecule has 6 heteroatoms. The standard InChI is InChI=1S/C11H14N2O3S/c1-15-5-2-6-17(14)11-13-9-4-3-8(12)7-10(9)16-11/h3-4,7H,2,5-6,12H2,1H3. The molecule has 0 spiro atoms. The van der Waals surface area contributed by atoms with Crippen molar-refractivity contribution < 1.29 is 13.4 Å². The van der Waals surface area contributed by atoms with E-state index in [1.807, 2.05) is 0 Å². The van der Waals surface area contributed by atoms with E-state index in [0.717, 1.165) is 0 Å². The minimum absolute atomic E-state index is 0.252. The van der Waals surface area contributed by atoms with Gasteiger partial charge in [-0.05, 0) is 18.6 Å². The molecule has 0 saturated heterocycles. The van der Waals surface area contributed by atoms with Crippen molar-refractivity contribution in [2.24, 2.45) is 0 Å². The predicted molar refractivity (Wildman–Crippen MR) is 66.2 cm³/mol. The summed E-state index contributed by atoms with van der Waals surface area (Å²) in [7, 11) is 0.393. The van der Waals surface area contributed by atoms with E-state index in [2.05, 4.69) is 4.98 Å². The van der Waals surface area contributed by atoms with Gasteiger partial charge in [0.25, 0.3) is 5.22 Å². The minimum atomic E-state index is -1.22. The second-order valence-corrected chi connectivity index (χ2v) is 5.05. The molecule has 0 bridgehead atoms. The molecule has 2 rings (SSSR count). The van der Waals surface area contributed by atoms with E-state index in [1.165, 1.54) is 0 Å². The predicted octanol–water partition coefficient (Wildman–Crippen LogP) is 1.55. The smallest absolute Gasteiger partial charge is 0.287 e. The zero-order valence-electron chi connectivity index (χ0n) is 9.51. The van der Waals surface area contributed by atoms with Gasteiger partial charge >= 0.3 is 0 Å². The zero-order valence-corrected chi connectivity index (χ0v) is 10.3. The Labute approximate surface area is 101 Å². The van der Waals surface area contributed by atoms with Crippen molar-refractivity contribution in [1.82, 2.24) is 4.98 Å². The topological polar surface area (TPSA) is 78.3 Å². The van der Waals surface area contributed by atoms with Crippen LogP contribution in [0.15, 0.2) is 27.8 Å². The van der Waals surface area contributed by atoms with E-state index < -0.39 is 10.8 Å². The quantitative estimate of drug-likeness (QED) is 0.647. The van der Waals surface area contributed by atoms with Crippen LogP contribution in [0.3, 0.4) is 0 Å². The lowest BCUT2D eigenvalue weighted by Gasteiger charge is -1.96. The molecule has 5 nitrogen and oxygen atoms in total. The second kappa shape index (κ2) is 5.29. The molecule has 1 aromatic carbocycles. The van der Waals surface area contributed by atoms with Crippen molar-refractivity contribution in [1.29, 1.82) is 0 Å². The summed E-state index contributed by atoms with van der Waals surface area (Å²) < 4.78 is 22.2. The van der Waals surface area contributed by atoms with Crippen LogP contribution >= 0.6 is 0 Å². The van der Waals surface area contributed by atoms with E-state index in [9.17, 15) is 4.21 Å². The third-order valence-corrected chi connectivity index (χ3v) is 3.49. The molecule has 1 unspecified atom stereocenters. The van der Waals surface area contributed by atoms with Crippen molar-refractivity contribution in [3.63, 3.8) is 0 Å². The van der Waals surface area contributed by atoms with Crippen LogP contribution in [0, 0.1) is 0 Å². The molecule has 0 radical (unpaired) electrons. The van der Waals surface area contributed by atoms with Crippen molar-refractivity contribution in [2.75, 3.05) is 25.2 Å². The minimum Gasteiger partial charge on any atom is -0.430 e. The highest BCUT2D eigenvalue weighted by molar-refractivity contribution is 7.84. The number of aromatic nitrogens is 1. The third kappa shape index (κ3) is 2.83. The lowest BCUT2D eigenvalue weighted by molar-refractivity contribution is 0.200. The molecular formula is C11H14N2O3S. The van der Waals surface area contributed by atoms with Crippen molar-refractivity contribution in [3.05, 3.63) is 18.2 Å². The van der Waals surface area contributed by atoms with E-state index in [-0.39, 0.29) is 5.22 Å². The molecule has 1 heterocycles. The van der Waals surface area contributed by atoms with E-state index in [0.29, 0.717) is 35.6 Å². The van der Waals surface area contributed by atoms with Gasteiger partial charge in [-0.15, -0.1) is 0 Å².